The monoisotopic (exact) mass is 551 g/mol. The van der Waals surface area contributed by atoms with Crippen molar-refractivity contribution in [3.8, 4) is 5.75 Å². The molecule has 11 heteroatoms. The molecule has 0 bridgehead atoms. The standard InChI is InChI=1S/C29H38N6O5/c1-29(2,38)16-39-24-12-11-23-21(13-31-35(23)25(24)18-5-6-18)27(37)32-19-7-9-20(10-8-19)40-28-22(26(30)36)15-34(33-28)14-17-3-4-17/h11-13,15,17-20,22,38H,3-10,14,16H2,1-2H3,(H2-,30,32,36,37)/p+1/t19-,20-,22?. The lowest BCUT2D eigenvalue weighted by Crippen LogP contribution is -2.40. The largest absolute Gasteiger partial charge is 0.489 e. The molecule has 0 radical (unpaired) electrons. The molecule has 2 amide bonds. The van der Waals surface area contributed by atoms with Gasteiger partial charge < -0.3 is 25.6 Å². The van der Waals surface area contributed by atoms with Crippen molar-refractivity contribution < 1.29 is 28.9 Å². The number of nitrogens with one attached hydrogen (secondary N) is 1. The molecule has 0 spiro atoms. The Bertz CT molecular complexity index is 1360. The number of nitrogens with two attached hydrogens (primary N) is 1. The summed E-state index contributed by atoms with van der Waals surface area (Å²) in [4.78, 5) is 25.3. The molecular formula is C29H39N6O5+. The van der Waals surface area contributed by atoms with E-state index in [4.69, 9.17) is 15.2 Å². The highest BCUT2D eigenvalue weighted by molar-refractivity contribution is 6.12. The number of nitrogens with zero attached hydrogens (tertiary/aromatic N) is 4. The minimum atomic E-state index is -0.946. The molecule has 1 unspecified atom stereocenters. The Morgan fingerprint density at radius 3 is 2.55 bits per heavy atom. The Labute approximate surface area is 233 Å². The van der Waals surface area contributed by atoms with Crippen LogP contribution >= 0.6 is 0 Å². The molecule has 0 aromatic carbocycles. The minimum Gasteiger partial charge on any atom is -0.489 e. The zero-order chi connectivity index (χ0) is 28.0. The molecule has 4 N–H and O–H groups in total. The number of fused-ring (bicyclic) bond motifs is 1. The molecular weight excluding hydrogens is 512 g/mol. The summed E-state index contributed by atoms with van der Waals surface area (Å²) >= 11 is 0. The lowest BCUT2D eigenvalue weighted by Gasteiger charge is -2.29. The van der Waals surface area contributed by atoms with Crippen molar-refractivity contribution in [2.45, 2.75) is 88.9 Å². The van der Waals surface area contributed by atoms with Crippen LogP contribution < -0.4 is 15.8 Å². The predicted molar refractivity (Wildman–Crippen MR) is 148 cm³/mol. The number of primary amides is 1. The van der Waals surface area contributed by atoms with E-state index in [2.05, 4.69) is 15.5 Å². The molecule has 214 valence electrons. The second-order valence-electron chi connectivity index (χ2n) is 12.4. The van der Waals surface area contributed by atoms with Gasteiger partial charge in [-0.25, -0.2) is 4.52 Å². The summed E-state index contributed by atoms with van der Waals surface area (Å²) < 4.78 is 15.7. The van der Waals surface area contributed by atoms with Gasteiger partial charge in [-0.3, -0.25) is 9.59 Å². The fourth-order valence-electron chi connectivity index (χ4n) is 5.51. The third kappa shape index (κ3) is 5.99. The molecule has 3 fully saturated rings. The number of hydrazone groups is 1. The molecule has 1 atom stereocenters. The first kappa shape index (κ1) is 26.7. The number of aliphatic hydroxyl groups is 1. The highest BCUT2D eigenvalue weighted by Gasteiger charge is 2.39. The van der Waals surface area contributed by atoms with Gasteiger partial charge >= 0.3 is 0 Å². The summed E-state index contributed by atoms with van der Waals surface area (Å²) in [5.41, 5.74) is 6.89. The fourth-order valence-corrected chi connectivity index (χ4v) is 5.51. The van der Waals surface area contributed by atoms with E-state index >= 15 is 0 Å². The first-order valence-corrected chi connectivity index (χ1v) is 14.5. The summed E-state index contributed by atoms with van der Waals surface area (Å²) in [7, 11) is 0. The van der Waals surface area contributed by atoms with E-state index < -0.39 is 17.4 Å². The van der Waals surface area contributed by atoms with Gasteiger partial charge in [0.2, 0.25) is 5.91 Å². The van der Waals surface area contributed by atoms with Gasteiger partial charge in [0, 0.05) is 23.0 Å². The first-order valence-electron chi connectivity index (χ1n) is 14.5. The molecule has 6 rings (SSSR count). The number of rotatable bonds is 10. The van der Waals surface area contributed by atoms with Crippen molar-refractivity contribution in [1.29, 1.82) is 0 Å². The van der Waals surface area contributed by atoms with E-state index in [0.717, 1.165) is 56.3 Å². The molecule has 3 saturated carbocycles. The number of hydrogen-bond donors (Lipinski definition) is 3. The van der Waals surface area contributed by atoms with Crippen LogP contribution in [0.1, 0.15) is 87.2 Å². The van der Waals surface area contributed by atoms with Gasteiger partial charge in [-0.2, -0.15) is 5.10 Å². The highest BCUT2D eigenvalue weighted by Crippen LogP contribution is 2.44. The zero-order valence-corrected chi connectivity index (χ0v) is 23.2. The molecule has 4 aliphatic rings. The van der Waals surface area contributed by atoms with Crippen molar-refractivity contribution in [1.82, 2.24) is 14.9 Å². The van der Waals surface area contributed by atoms with Crippen molar-refractivity contribution in [2.75, 3.05) is 13.2 Å². The van der Waals surface area contributed by atoms with E-state index in [1.165, 1.54) is 12.8 Å². The van der Waals surface area contributed by atoms with Crippen LogP contribution in [-0.2, 0) is 9.53 Å². The van der Waals surface area contributed by atoms with Gasteiger partial charge in [0.05, 0.1) is 28.6 Å². The fraction of sp³-hybridized carbons (Fsp3) is 0.621. The second-order valence-corrected chi connectivity index (χ2v) is 12.4. The lowest BCUT2D eigenvalue weighted by atomic mass is 9.92. The SMILES string of the molecule is CC(C)(O)COc1ccc2c(C(=O)N[C@H]3CC[C@H](OC4=N[N+](CC5CC5)=CC4C(N)=O)CC3)cnn2c1C1CC1. The maximum atomic E-state index is 13.3. The first-order chi connectivity index (χ1) is 19.1. The van der Waals surface area contributed by atoms with E-state index in [-0.39, 0.29) is 24.7 Å². The number of ether oxygens (including phenoxy) is 2. The Kier molecular flexibility index (Phi) is 7.02. The average Bonchev–Trinajstić information content (AvgIpc) is 3.82. The van der Waals surface area contributed by atoms with Crippen LogP contribution in [0.4, 0.5) is 0 Å². The van der Waals surface area contributed by atoms with Crippen molar-refractivity contribution in [3.05, 3.63) is 29.6 Å². The topological polar surface area (TPSA) is 144 Å². The highest BCUT2D eigenvalue weighted by atomic mass is 16.5. The molecule has 2 aromatic rings. The van der Waals surface area contributed by atoms with Crippen LogP contribution in [0.5, 0.6) is 5.75 Å². The third-order valence-corrected chi connectivity index (χ3v) is 8.03. The lowest BCUT2D eigenvalue weighted by molar-refractivity contribution is -0.530. The molecule has 0 saturated heterocycles. The van der Waals surface area contributed by atoms with Crippen molar-refractivity contribution >= 4 is 29.4 Å². The number of amides is 2. The van der Waals surface area contributed by atoms with Crippen LogP contribution in [0.2, 0.25) is 0 Å². The Balaban J connectivity index is 1.07. The zero-order valence-electron chi connectivity index (χ0n) is 23.2. The third-order valence-electron chi connectivity index (χ3n) is 8.03. The quantitative estimate of drug-likeness (QED) is 0.387. The van der Waals surface area contributed by atoms with E-state index in [0.29, 0.717) is 29.0 Å². The van der Waals surface area contributed by atoms with Gasteiger partial charge in [0.25, 0.3) is 11.8 Å². The van der Waals surface area contributed by atoms with Gasteiger partial charge in [0.1, 0.15) is 18.5 Å². The van der Waals surface area contributed by atoms with E-state index in [9.17, 15) is 14.7 Å². The van der Waals surface area contributed by atoms with Crippen LogP contribution in [0.3, 0.4) is 0 Å². The molecule has 1 aliphatic heterocycles. The molecule has 2 aromatic heterocycles. The maximum absolute atomic E-state index is 13.3. The molecule has 3 aliphatic carbocycles. The normalized spacial score (nSPS) is 24.9. The van der Waals surface area contributed by atoms with Crippen LogP contribution in [0.15, 0.2) is 23.4 Å². The summed E-state index contributed by atoms with van der Waals surface area (Å²) in [6, 6.07) is 3.76. The number of carbonyl (C=O) groups is 2. The van der Waals surface area contributed by atoms with Crippen molar-refractivity contribution in [2.24, 2.45) is 22.7 Å². The summed E-state index contributed by atoms with van der Waals surface area (Å²) in [5, 5.41) is 22.4. The number of pyridine rings is 1. The van der Waals surface area contributed by atoms with Crippen LogP contribution in [0.25, 0.3) is 5.52 Å². The summed E-state index contributed by atoms with van der Waals surface area (Å²) in [6.45, 7) is 4.39. The van der Waals surface area contributed by atoms with Crippen LogP contribution in [0, 0.1) is 11.8 Å². The van der Waals surface area contributed by atoms with Gasteiger partial charge in [-0.05, 0) is 77.3 Å². The number of carbonyl (C=O) groups excluding carboxylic acids is 2. The summed E-state index contributed by atoms with van der Waals surface area (Å²) in [6.07, 6.45) is 10.9. The van der Waals surface area contributed by atoms with Crippen LogP contribution in [-0.4, -0.2) is 74.2 Å². The van der Waals surface area contributed by atoms with E-state index in [1.807, 2.05) is 21.3 Å². The molecule has 11 nitrogen and oxygen atoms in total. The predicted octanol–water partition coefficient (Wildman–Crippen LogP) is 2.34. The Morgan fingerprint density at radius 2 is 1.90 bits per heavy atom. The Hall–Kier alpha value is -3.47. The van der Waals surface area contributed by atoms with E-state index in [1.54, 1.807) is 26.3 Å². The number of hydrogen-bond acceptors (Lipinski definition) is 7. The van der Waals surface area contributed by atoms with Gasteiger partial charge in [-0.1, -0.05) is 4.68 Å². The second kappa shape index (κ2) is 10.5. The maximum Gasteiger partial charge on any atom is 0.277 e. The average molecular weight is 552 g/mol. The molecule has 40 heavy (non-hydrogen) atoms. The van der Waals surface area contributed by atoms with Crippen molar-refractivity contribution in [3.63, 3.8) is 0 Å². The minimum absolute atomic E-state index is 0.0231. The number of aromatic nitrogens is 2. The Morgan fingerprint density at radius 1 is 1.15 bits per heavy atom. The van der Waals surface area contributed by atoms with Gasteiger partial charge in [0.15, 0.2) is 18.7 Å². The molecule has 3 heterocycles. The summed E-state index contributed by atoms with van der Waals surface area (Å²) in [5.74, 6) is 0.845. The van der Waals surface area contributed by atoms with Gasteiger partial charge in [-0.15, -0.1) is 0 Å². The smallest absolute Gasteiger partial charge is 0.277 e.